The van der Waals surface area contributed by atoms with Crippen LogP contribution < -0.4 is 10.1 Å². The van der Waals surface area contributed by atoms with E-state index in [1.54, 1.807) is 7.11 Å². The van der Waals surface area contributed by atoms with Crippen LogP contribution in [-0.4, -0.2) is 27.7 Å². The topological polar surface area (TPSA) is 51.5 Å². The monoisotopic (exact) mass is 426 g/mol. The minimum atomic E-state index is 0. The van der Waals surface area contributed by atoms with Gasteiger partial charge in [-0.2, -0.15) is 9.61 Å². The van der Waals surface area contributed by atoms with Crippen molar-refractivity contribution >= 4 is 23.9 Å². The van der Waals surface area contributed by atoms with Gasteiger partial charge in [0.1, 0.15) is 11.6 Å². The van der Waals surface area contributed by atoms with Gasteiger partial charge in [0, 0.05) is 22.9 Å². The van der Waals surface area contributed by atoms with Crippen molar-refractivity contribution in [2.75, 3.05) is 12.4 Å². The molecule has 1 fully saturated rings. The summed E-state index contributed by atoms with van der Waals surface area (Å²) < 4.78 is 7.48. The maximum atomic E-state index is 5.40. The minimum Gasteiger partial charge on any atom is -0.497 e. The Hall–Kier alpha value is -2.27. The Bertz CT molecular complexity index is 1090. The fourth-order valence-corrected chi connectivity index (χ4v) is 4.92. The molecule has 1 aromatic carbocycles. The Morgan fingerprint density at radius 2 is 1.97 bits per heavy atom. The molecule has 0 amide bonds. The molecule has 0 aliphatic heterocycles. The summed E-state index contributed by atoms with van der Waals surface area (Å²) in [6.45, 7) is 6.55. The molecule has 2 heterocycles. The smallest absolute Gasteiger partial charge is 0.165 e. The molecule has 5 rings (SSSR count). The average molecular weight is 427 g/mol. The van der Waals surface area contributed by atoms with E-state index in [2.05, 4.69) is 42.7 Å². The van der Waals surface area contributed by atoms with E-state index in [1.807, 2.05) is 6.07 Å². The fraction of sp³-hybridized carbons (Fsp3) is 0.500. The molecule has 2 aromatic heterocycles. The lowest BCUT2D eigenvalue weighted by Crippen LogP contribution is -2.32. The first kappa shape index (κ1) is 21.0. The second kappa shape index (κ2) is 8.10. The van der Waals surface area contributed by atoms with Crippen molar-refractivity contribution in [2.24, 2.45) is 5.92 Å². The maximum absolute atomic E-state index is 5.40. The normalized spacial score (nSPS) is 16.7. The van der Waals surface area contributed by atoms with Gasteiger partial charge < -0.3 is 10.1 Å². The molecule has 2 aliphatic carbocycles. The molecule has 0 spiro atoms. The van der Waals surface area contributed by atoms with E-state index in [4.69, 9.17) is 14.8 Å². The van der Waals surface area contributed by atoms with Crippen LogP contribution in [0.15, 0.2) is 18.2 Å². The molecule has 0 bridgehead atoms. The van der Waals surface area contributed by atoms with E-state index < -0.39 is 0 Å². The Morgan fingerprint density at radius 3 is 2.63 bits per heavy atom. The van der Waals surface area contributed by atoms with Crippen LogP contribution in [0.25, 0.3) is 16.8 Å². The van der Waals surface area contributed by atoms with Crippen LogP contribution in [0, 0.1) is 19.8 Å². The zero-order valence-electron chi connectivity index (χ0n) is 18.3. The number of nitrogens with one attached hydrogen (secondary N) is 1. The SMILES string of the molecule is COc1ccc(-c2c(C)nn3c(NC(C)C4CCC4)c4c(nc23)CCC4)c(C)c1.Cl. The first-order chi connectivity index (χ1) is 14.1. The lowest BCUT2D eigenvalue weighted by molar-refractivity contribution is 0.284. The third kappa shape index (κ3) is 3.33. The molecule has 1 N–H and O–H groups in total. The third-order valence-electron chi connectivity index (χ3n) is 6.89. The van der Waals surface area contributed by atoms with E-state index in [0.29, 0.717) is 6.04 Å². The lowest BCUT2D eigenvalue weighted by atomic mass is 9.80. The van der Waals surface area contributed by atoms with Crippen LogP contribution in [0.3, 0.4) is 0 Å². The average Bonchev–Trinajstić information content (AvgIpc) is 3.24. The van der Waals surface area contributed by atoms with Gasteiger partial charge >= 0.3 is 0 Å². The van der Waals surface area contributed by atoms with Gasteiger partial charge in [0.15, 0.2) is 5.65 Å². The molecule has 30 heavy (non-hydrogen) atoms. The third-order valence-corrected chi connectivity index (χ3v) is 6.89. The van der Waals surface area contributed by atoms with Crippen LogP contribution >= 0.6 is 12.4 Å². The number of aryl methyl sites for hydroxylation is 3. The zero-order valence-corrected chi connectivity index (χ0v) is 19.1. The molecule has 1 unspecified atom stereocenters. The van der Waals surface area contributed by atoms with Crippen molar-refractivity contribution in [3.63, 3.8) is 0 Å². The van der Waals surface area contributed by atoms with Crippen molar-refractivity contribution in [1.82, 2.24) is 14.6 Å². The summed E-state index contributed by atoms with van der Waals surface area (Å²) in [6.07, 6.45) is 7.36. The van der Waals surface area contributed by atoms with Gasteiger partial charge in [-0.15, -0.1) is 12.4 Å². The second-order valence-corrected chi connectivity index (χ2v) is 8.74. The zero-order chi connectivity index (χ0) is 20.1. The van der Waals surface area contributed by atoms with Gasteiger partial charge in [0.25, 0.3) is 0 Å². The van der Waals surface area contributed by atoms with Crippen molar-refractivity contribution in [3.8, 4) is 16.9 Å². The number of anilines is 1. The minimum absolute atomic E-state index is 0. The predicted molar refractivity (Wildman–Crippen MR) is 124 cm³/mol. The second-order valence-electron chi connectivity index (χ2n) is 8.74. The van der Waals surface area contributed by atoms with E-state index in [1.165, 1.54) is 53.9 Å². The van der Waals surface area contributed by atoms with Crippen LogP contribution in [0.2, 0.25) is 0 Å². The largest absolute Gasteiger partial charge is 0.497 e. The molecular formula is C24H31ClN4O. The molecule has 3 aromatic rings. The molecule has 2 aliphatic rings. The molecule has 1 atom stereocenters. The summed E-state index contributed by atoms with van der Waals surface area (Å²) >= 11 is 0. The van der Waals surface area contributed by atoms with Gasteiger partial charge in [-0.3, -0.25) is 0 Å². The highest BCUT2D eigenvalue weighted by Gasteiger charge is 2.28. The first-order valence-electron chi connectivity index (χ1n) is 10.9. The number of rotatable bonds is 5. The number of benzene rings is 1. The van der Waals surface area contributed by atoms with E-state index in [-0.39, 0.29) is 12.4 Å². The highest BCUT2D eigenvalue weighted by Crippen LogP contribution is 2.38. The molecule has 6 heteroatoms. The summed E-state index contributed by atoms with van der Waals surface area (Å²) in [4.78, 5) is 5.11. The van der Waals surface area contributed by atoms with Gasteiger partial charge in [0.05, 0.1) is 12.8 Å². The Morgan fingerprint density at radius 1 is 1.17 bits per heavy atom. The Balaban J connectivity index is 0.00000218. The van der Waals surface area contributed by atoms with Crippen molar-refractivity contribution in [2.45, 2.75) is 65.3 Å². The number of aromatic nitrogens is 3. The molecule has 0 saturated heterocycles. The van der Waals surface area contributed by atoms with E-state index >= 15 is 0 Å². The van der Waals surface area contributed by atoms with Gasteiger partial charge in [-0.05, 0) is 82.1 Å². The molecule has 0 radical (unpaired) electrons. The van der Waals surface area contributed by atoms with Crippen LogP contribution in [0.4, 0.5) is 5.82 Å². The molecule has 160 valence electrons. The highest BCUT2D eigenvalue weighted by atomic mass is 35.5. The fourth-order valence-electron chi connectivity index (χ4n) is 4.92. The summed E-state index contributed by atoms with van der Waals surface area (Å²) in [5.41, 5.74) is 8.11. The van der Waals surface area contributed by atoms with E-state index in [9.17, 15) is 0 Å². The quantitative estimate of drug-likeness (QED) is 0.582. The Labute approximate surface area is 184 Å². The Kier molecular flexibility index (Phi) is 5.67. The lowest BCUT2D eigenvalue weighted by Gasteiger charge is -2.33. The molecule has 5 nitrogen and oxygen atoms in total. The maximum Gasteiger partial charge on any atom is 0.165 e. The van der Waals surface area contributed by atoms with Gasteiger partial charge in [-0.25, -0.2) is 4.98 Å². The van der Waals surface area contributed by atoms with Crippen molar-refractivity contribution in [3.05, 3.63) is 40.7 Å². The van der Waals surface area contributed by atoms with Crippen molar-refractivity contribution < 1.29 is 4.74 Å². The summed E-state index contributed by atoms with van der Waals surface area (Å²) in [5, 5.41) is 8.82. The molecule has 1 saturated carbocycles. The highest BCUT2D eigenvalue weighted by molar-refractivity contribution is 5.85. The van der Waals surface area contributed by atoms with Crippen LogP contribution in [0.1, 0.15) is 55.1 Å². The van der Waals surface area contributed by atoms with Gasteiger partial charge in [-0.1, -0.05) is 12.5 Å². The summed E-state index contributed by atoms with van der Waals surface area (Å²) in [5.74, 6) is 2.82. The number of hydrogen-bond donors (Lipinski definition) is 1. The number of methoxy groups -OCH3 is 1. The summed E-state index contributed by atoms with van der Waals surface area (Å²) in [7, 11) is 1.71. The number of fused-ring (bicyclic) bond motifs is 2. The standard InChI is InChI=1S/C24H30N4O.ClH/c1-14-13-18(29-4)11-12-19(14)22-16(3)27-28-23(25-15(2)17-7-5-8-17)20-9-6-10-21(20)26-24(22)28;/h11-13,15,17,25H,5-10H2,1-4H3;1H. The van der Waals surface area contributed by atoms with Crippen LogP contribution in [0.5, 0.6) is 5.75 Å². The number of hydrogen-bond acceptors (Lipinski definition) is 4. The number of nitrogens with zero attached hydrogens (tertiary/aromatic N) is 3. The number of halogens is 1. The predicted octanol–water partition coefficient (Wildman–Crippen LogP) is 5.53. The first-order valence-corrected chi connectivity index (χ1v) is 10.9. The van der Waals surface area contributed by atoms with Crippen LogP contribution in [-0.2, 0) is 12.8 Å². The number of ether oxygens (including phenoxy) is 1. The van der Waals surface area contributed by atoms with Crippen molar-refractivity contribution in [1.29, 1.82) is 0 Å². The summed E-state index contributed by atoms with van der Waals surface area (Å²) in [6, 6.07) is 6.71. The molecular weight excluding hydrogens is 396 g/mol. The van der Waals surface area contributed by atoms with E-state index in [0.717, 1.165) is 41.4 Å². The van der Waals surface area contributed by atoms with Gasteiger partial charge in [0.2, 0.25) is 0 Å².